The van der Waals surface area contributed by atoms with E-state index in [9.17, 15) is 9.59 Å². The van der Waals surface area contributed by atoms with E-state index in [0.29, 0.717) is 6.61 Å². The van der Waals surface area contributed by atoms with Crippen LogP contribution in [0.1, 0.15) is 27.2 Å². The van der Waals surface area contributed by atoms with Gasteiger partial charge in [-0.25, -0.2) is 0 Å². The molecule has 0 bridgehead atoms. The topological polar surface area (TPSA) is 43.4 Å². The third-order valence-electron chi connectivity index (χ3n) is 1.07. The van der Waals surface area contributed by atoms with Crippen molar-refractivity contribution in [2.75, 3.05) is 6.61 Å². The van der Waals surface area contributed by atoms with Crippen LogP contribution >= 0.6 is 0 Å². The number of rotatable bonds is 4. The fourth-order valence-electron chi connectivity index (χ4n) is 0.727. The van der Waals surface area contributed by atoms with Crippen LogP contribution in [0.3, 0.4) is 0 Å². The Morgan fingerprint density at radius 2 is 1.92 bits per heavy atom. The molecule has 3 heteroatoms. The number of hydrogen-bond donors (Lipinski definition) is 0. The van der Waals surface area contributed by atoms with Gasteiger partial charge in [-0.3, -0.25) is 9.59 Å². The first-order valence-electron chi connectivity index (χ1n) is 3.89. The molecule has 0 aromatic rings. The zero-order valence-electron chi connectivity index (χ0n) is 7.72. The van der Waals surface area contributed by atoms with Crippen molar-refractivity contribution in [3.05, 3.63) is 11.6 Å². The summed E-state index contributed by atoms with van der Waals surface area (Å²) >= 11 is 0. The van der Waals surface area contributed by atoms with Gasteiger partial charge in [0.2, 0.25) is 0 Å². The Hall–Kier alpha value is -1.12. The van der Waals surface area contributed by atoms with Crippen molar-refractivity contribution in [1.82, 2.24) is 0 Å². The standard InChI is InChI=1S/C9H14O3/c1-4-12-9(11)6-8(10)5-7(2)3/h5H,4,6H2,1-3H3. The fraction of sp³-hybridized carbons (Fsp3) is 0.556. The Balaban J connectivity index is 3.85. The van der Waals surface area contributed by atoms with E-state index in [4.69, 9.17) is 0 Å². The largest absolute Gasteiger partial charge is 0.466 e. The van der Waals surface area contributed by atoms with E-state index >= 15 is 0 Å². The van der Waals surface area contributed by atoms with Crippen LogP contribution < -0.4 is 0 Å². The maximum Gasteiger partial charge on any atom is 0.313 e. The van der Waals surface area contributed by atoms with Gasteiger partial charge < -0.3 is 4.74 Å². The summed E-state index contributed by atoms with van der Waals surface area (Å²) in [7, 11) is 0. The second kappa shape index (κ2) is 5.52. The monoisotopic (exact) mass is 170 g/mol. The van der Waals surface area contributed by atoms with E-state index in [-0.39, 0.29) is 12.2 Å². The molecular weight excluding hydrogens is 156 g/mol. The smallest absolute Gasteiger partial charge is 0.313 e. The maximum absolute atomic E-state index is 11.0. The zero-order chi connectivity index (χ0) is 9.56. The quantitative estimate of drug-likeness (QED) is 0.364. The molecule has 0 radical (unpaired) electrons. The van der Waals surface area contributed by atoms with Gasteiger partial charge in [-0.2, -0.15) is 0 Å². The van der Waals surface area contributed by atoms with Crippen LogP contribution in [0.4, 0.5) is 0 Å². The van der Waals surface area contributed by atoms with Gasteiger partial charge in [0.1, 0.15) is 6.42 Å². The minimum Gasteiger partial charge on any atom is -0.466 e. The van der Waals surface area contributed by atoms with Crippen LogP contribution in [-0.2, 0) is 14.3 Å². The molecule has 0 aliphatic heterocycles. The minimum absolute atomic E-state index is 0.154. The maximum atomic E-state index is 11.0. The number of carbonyl (C=O) groups excluding carboxylic acids is 2. The van der Waals surface area contributed by atoms with E-state index in [1.807, 2.05) is 13.8 Å². The number of carbonyl (C=O) groups is 2. The molecule has 0 amide bonds. The summed E-state index contributed by atoms with van der Waals surface area (Å²) in [5, 5.41) is 0. The molecule has 0 aromatic heterocycles. The summed E-state index contributed by atoms with van der Waals surface area (Å²) in [6.45, 7) is 5.65. The van der Waals surface area contributed by atoms with Gasteiger partial charge in [0.15, 0.2) is 5.78 Å². The van der Waals surface area contributed by atoms with E-state index in [1.54, 1.807) is 6.92 Å². The van der Waals surface area contributed by atoms with Crippen molar-refractivity contribution in [3.63, 3.8) is 0 Å². The van der Waals surface area contributed by atoms with Gasteiger partial charge in [0.25, 0.3) is 0 Å². The number of ether oxygens (including phenoxy) is 1. The molecule has 12 heavy (non-hydrogen) atoms. The first-order valence-corrected chi connectivity index (χ1v) is 3.89. The summed E-state index contributed by atoms with van der Waals surface area (Å²) < 4.78 is 4.61. The first-order chi connectivity index (χ1) is 5.56. The van der Waals surface area contributed by atoms with Gasteiger partial charge in [-0.1, -0.05) is 5.57 Å². The predicted molar refractivity (Wildman–Crippen MR) is 45.7 cm³/mol. The molecule has 0 heterocycles. The van der Waals surface area contributed by atoms with Crippen LogP contribution in [0.5, 0.6) is 0 Å². The van der Waals surface area contributed by atoms with Crippen LogP contribution in [0.15, 0.2) is 11.6 Å². The van der Waals surface area contributed by atoms with Crippen LogP contribution in [0.25, 0.3) is 0 Å². The molecule has 0 rings (SSSR count). The Bertz CT molecular complexity index is 200. The summed E-state index contributed by atoms with van der Waals surface area (Å²) in [4.78, 5) is 21.7. The number of ketones is 1. The summed E-state index contributed by atoms with van der Waals surface area (Å²) in [6.07, 6.45) is 1.29. The first kappa shape index (κ1) is 10.9. The molecule has 0 atom stereocenters. The number of allylic oxidation sites excluding steroid dienone is 2. The highest BCUT2D eigenvalue weighted by atomic mass is 16.5. The third kappa shape index (κ3) is 5.65. The van der Waals surface area contributed by atoms with E-state index in [1.165, 1.54) is 6.08 Å². The van der Waals surface area contributed by atoms with E-state index in [2.05, 4.69) is 4.74 Å². The lowest BCUT2D eigenvalue weighted by molar-refractivity contribution is -0.144. The molecule has 68 valence electrons. The summed E-state index contributed by atoms with van der Waals surface area (Å²) in [5.74, 6) is -0.659. The second-order valence-corrected chi connectivity index (χ2v) is 2.67. The fourth-order valence-corrected chi connectivity index (χ4v) is 0.727. The van der Waals surface area contributed by atoms with Gasteiger partial charge in [-0.15, -0.1) is 0 Å². The average molecular weight is 170 g/mol. The predicted octanol–water partition coefficient (Wildman–Crippen LogP) is 1.47. The highest BCUT2D eigenvalue weighted by molar-refractivity contribution is 6.02. The Labute approximate surface area is 72.4 Å². The summed E-state index contributed by atoms with van der Waals surface area (Å²) in [6, 6.07) is 0. The SMILES string of the molecule is CCOC(=O)CC(=O)C=C(C)C. The molecule has 0 saturated carbocycles. The number of esters is 1. The van der Waals surface area contributed by atoms with E-state index < -0.39 is 5.97 Å². The third-order valence-corrected chi connectivity index (χ3v) is 1.07. The zero-order valence-corrected chi connectivity index (χ0v) is 7.72. The Morgan fingerprint density at radius 1 is 1.33 bits per heavy atom. The highest BCUT2D eigenvalue weighted by Gasteiger charge is 2.06. The second-order valence-electron chi connectivity index (χ2n) is 2.67. The van der Waals surface area contributed by atoms with Crippen LogP contribution in [0, 0.1) is 0 Å². The van der Waals surface area contributed by atoms with E-state index in [0.717, 1.165) is 5.57 Å². The molecule has 0 N–H and O–H groups in total. The van der Waals surface area contributed by atoms with Gasteiger partial charge in [0.05, 0.1) is 6.61 Å². The lowest BCUT2D eigenvalue weighted by Gasteiger charge is -1.97. The van der Waals surface area contributed by atoms with Crippen LogP contribution in [-0.4, -0.2) is 18.4 Å². The molecule has 0 aromatic carbocycles. The molecule has 0 unspecified atom stereocenters. The van der Waals surface area contributed by atoms with Crippen molar-refractivity contribution in [2.24, 2.45) is 0 Å². The Kier molecular flexibility index (Phi) is 5.00. The molecule has 0 fully saturated rings. The molecular formula is C9H14O3. The van der Waals surface area contributed by atoms with Crippen molar-refractivity contribution in [3.8, 4) is 0 Å². The molecule has 0 aliphatic rings. The number of hydrogen-bond acceptors (Lipinski definition) is 3. The lowest BCUT2D eigenvalue weighted by atomic mass is 10.2. The molecule has 0 spiro atoms. The van der Waals surface area contributed by atoms with Gasteiger partial charge >= 0.3 is 5.97 Å². The highest BCUT2D eigenvalue weighted by Crippen LogP contribution is 1.94. The van der Waals surface area contributed by atoms with Gasteiger partial charge in [-0.05, 0) is 26.8 Å². The van der Waals surface area contributed by atoms with Crippen molar-refractivity contribution >= 4 is 11.8 Å². The van der Waals surface area contributed by atoms with Gasteiger partial charge in [0, 0.05) is 0 Å². The normalized spacial score (nSPS) is 8.92. The average Bonchev–Trinajstić information content (AvgIpc) is 1.84. The molecule has 0 saturated heterocycles. The molecule has 0 aliphatic carbocycles. The molecule has 3 nitrogen and oxygen atoms in total. The Morgan fingerprint density at radius 3 is 2.33 bits per heavy atom. The van der Waals surface area contributed by atoms with Crippen LogP contribution in [0.2, 0.25) is 0 Å². The van der Waals surface area contributed by atoms with Crippen molar-refractivity contribution < 1.29 is 14.3 Å². The summed E-state index contributed by atoms with van der Waals surface area (Å²) in [5.41, 5.74) is 0.893. The van der Waals surface area contributed by atoms with Crippen molar-refractivity contribution in [1.29, 1.82) is 0 Å². The minimum atomic E-state index is -0.458. The van der Waals surface area contributed by atoms with Crippen molar-refractivity contribution in [2.45, 2.75) is 27.2 Å². The lowest BCUT2D eigenvalue weighted by Crippen LogP contribution is -2.09.